The van der Waals surface area contributed by atoms with Gasteiger partial charge in [-0.05, 0) is 6.07 Å². The minimum atomic E-state index is -1.21. The second kappa shape index (κ2) is 6.96. The van der Waals surface area contributed by atoms with E-state index in [1.807, 2.05) is 0 Å². The first-order valence-electron chi connectivity index (χ1n) is 5.34. The van der Waals surface area contributed by atoms with Gasteiger partial charge in [-0.15, -0.1) is 0 Å². The Bertz CT molecular complexity index is 548. The number of carboxylic acid groups (broad SMARTS) is 1. The molecule has 1 rings (SSSR count). The Labute approximate surface area is 122 Å². The van der Waals surface area contributed by atoms with E-state index in [1.54, 1.807) is 0 Å². The van der Waals surface area contributed by atoms with Crippen molar-refractivity contribution in [2.75, 3.05) is 13.7 Å². The number of methoxy groups -OCH3 is 1. The maximum absolute atomic E-state index is 11.8. The van der Waals surface area contributed by atoms with Crippen LogP contribution in [0.5, 0.6) is 0 Å². The van der Waals surface area contributed by atoms with Gasteiger partial charge in [0.15, 0.2) is 6.10 Å². The lowest BCUT2D eigenvalue weighted by Crippen LogP contribution is -2.37. The van der Waals surface area contributed by atoms with E-state index in [0.717, 1.165) is 6.07 Å². The lowest BCUT2D eigenvalue weighted by molar-refractivity contribution is -0.385. The number of carbonyl (C=O) groups excluding carboxylic acids is 1. The van der Waals surface area contributed by atoms with Crippen LogP contribution in [0.2, 0.25) is 0 Å². The van der Waals surface area contributed by atoms with E-state index in [1.165, 1.54) is 19.2 Å². The summed E-state index contributed by atoms with van der Waals surface area (Å²) in [5.41, 5.74) is -0.197. The zero-order valence-electron chi connectivity index (χ0n) is 10.3. The number of amides is 1. The maximum atomic E-state index is 11.8. The summed E-state index contributed by atoms with van der Waals surface area (Å²) < 4.78 is 5.03. The molecular weight excluding hydrogens is 336 g/mol. The van der Waals surface area contributed by atoms with Gasteiger partial charge >= 0.3 is 5.97 Å². The van der Waals surface area contributed by atoms with Crippen LogP contribution < -0.4 is 5.32 Å². The fourth-order valence-electron chi connectivity index (χ4n) is 1.37. The number of nitrogens with one attached hydrogen (secondary N) is 1. The van der Waals surface area contributed by atoms with Gasteiger partial charge in [-0.3, -0.25) is 14.9 Å². The number of halogens is 1. The van der Waals surface area contributed by atoms with Crippen LogP contribution in [0.15, 0.2) is 22.7 Å². The lowest BCUT2D eigenvalue weighted by Gasteiger charge is -2.11. The van der Waals surface area contributed by atoms with E-state index in [-0.39, 0.29) is 17.8 Å². The van der Waals surface area contributed by atoms with Crippen LogP contribution in [0.1, 0.15) is 10.4 Å². The molecule has 0 spiro atoms. The van der Waals surface area contributed by atoms with Gasteiger partial charge in [0.25, 0.3) is 11.6 Å². The molecule has 2 N–H and O–H groups in total. The van der Waals surface area contributed by atoms with E-state index in [9.17, 15) is 19.7 Å². The molecule has 9 heteroatoms. The Morgan fingerprint density at radius 2 is 2.15 bits per heavy atom. The first kappa shape index (κ1) is 16.1. The highest BCUT2D eigenvalue weighted by molar-refractivity contribution is 9.10. The predicted molar refractivity (Wildman–Crippen MR) is 71.6 cm³/mol. The number of benzene rings is 1. The van der Waals surface area contributed by atoms with Crippen LogP contribution in [-0.4, -0.2) is 41.7 Å². The molecule has 0 saturated carbocycles. The average Bonchev–Trinajstić information content (AvgIpc) is 2.37. The van der Waals surface area contributed by atoms with Crippen LogP contribution in [0.3, 0.4) is 0 Å². The number of ether oxygens (including phenoxy) is 1. The SMILES string of the molecule is COC(CNC(=O)c1cc(Br)cc([N+](=O)[O-])c1)C(=O)O. The van der Waals surface area contributed by atoms with Crippen LogP contribution in [0.4, 0.5) is 5.69 Å². The van der Waals surface area contributed by atoms with Crippen molar-refractivity contribution in [1.82, 2.24) is 5.32 Å². The third-order valence-electron chi connectivity index (χ3n) is 2.36. The first-order chi connectivity index (χ1) is 9.35. The Morgan fingerprint density at radius 3 is 2.65 bits per heavy atom. The van der Waals surface area contributed by atoms with Gasteiger partial charge in [0, 0.05) is 29.3 Å². The Hall–Kier alpha value is -2.00. The number of aliphatic carboxylic acids is 1. The van der Waals surface area contributed by atoms with Crippen molar-refractivity contribution < 1.29 is 24.4 Å². The number of carbonyl (C=O) groups is 2. The fraction of sp³-hybridized carbons (Fsp3) is 0.273. The minimum absolute atomic E-state index is 0.0475. The highest BCUT2D eigenvalue weighted by Gasteiger charge is 2.19. The number of hydrogen-bond donors (Lipinski definition) is 2. The van der Waals surface area contributed by atoms with Crippen molar-refractivity contribution in [2.45, 2.75) is 6.10 Å². The highest BCUT2D eigenvalue weighted by Crippen LogP contribution is 2.21. The normalized spacial score (nSPS) is 11.7. The van der Waals surface area contributed by atoms with Crippen molar-refractivity contribution in [3.8, 4) is 0 Å². The molecule has 108 valence electrons. The molecule has 0 aromatic heterocycles. The summed E-state index contributed by atoms with van der Waals surface area (Å²) in [5.74, 6) is -1.84. The van der Waals surface area contributed by atoms with Gasteiger partial charge in [0.05, 0.1) is 11.5 Å². The molecule has 20 heavy (non-hydrogen) atoms. The molecule has 8 nitrogen and oxygen atoms in total. The topological polar surface area (TPSA) is 119 Å². The third kappa shape index (κ3) is 4.28. The zero-order valence-corrected chi connectivity index (χ0v) is 11.9. The molecule has 0 aliphatic rings. The maximum Gasteiger partial charge on any atom is 0.334 e. The molecule has 0 fully saturated rings. The van der Waals surface area contributed by atoms with Gasteiger partial charge in [-0.2, -0.15) is 0 Å². The summed E-state index contributed by atoms with van der Waals surface area (Å²) in [6, 6.07) is 3.75. The lowest BCUT2D eigenvalue weighted by atomic mass is 10.2. The van der Waals surface area contributed by atoms with Crippen molar-refractivity contribution in [1.29, 1.82) is 0 Å². The molecule has 0 radical (unpaired) electrons. The van der Waals surface area contributed by atoms with Crippen molar-refractivity contribution in [3.63, 3.8) is 0 Å². The first-order valence-corrected chi connectivity index (χ1v) is 6.13. The number of nitro benzene ring substituents is 1. The fourth-order valence-corrected chi connectivity index (χ4v) is 1.85. The standard InChI is InChI=1S/C11H11BrN2O6/c1-20-9(11(16)17)5-13-10(15)6-2-7(12)4-8(3-6)14(18)19/h2-4,9H,5H2,1H3,(H,13,15)(H,16,17). The summed E-state index contributed by atoms with van der Waals surface area (Å²) in [7, 11) is 1.20. The summed E-state index contributed by atoms with van der Waals surface area (Å²) in [4.78, 5) is 32.6. The summed E-state index contributed by atoms with van der Waals surface area (Å²) in [6.07, 6.45) is -1.18. The molecule has 1 aromatic carbocycles. The van der Waals surface area contributed by atoms with E-state index >= 15 is 0 Å². The molecule has 0 heterocycles. The zero-order chi connectivity index (χ0) is 15.3. The number of nitro groups is 1. The monoisotopic (exact) mass is 346 g/mol. The largest absolute Gasteiger partial charge is 0.479 e. The Kier molecular flexibility index (Phi) is 5.59. The minimum Gasteiger partial charge on any atom is -0.479 e. The molecular formula is C11H11BrN2O6. The second-order valence-electron chi connectivity index (χ2n) is 3.73. The van der Waals surface area contributed by atoms with Gasteiger partial charge in [-0.1, -0.05) is 15.9 Å². The highest BCUT2D eigenvalue weighted by atomic mass is 79.9. The quantitative estimate of drug-likeness (QED) is 0.589. The molecule has 1 unspecified atom stereocenters. The number of carboxylic acids is 1. The molecule has 0 saturated heterocycles. The van der Waals surface area contributed by atoms with Gasteiger partial charge < -0.3 is 15.2 Å². The number of nitrogens with zero attached hydrogens (tertiary/aromatic N) is 1. The van der Waals surface area contributed by atoms with Crippen LogP contribution in [0, 0.1) is 10.1 Å². The van der Waals surface area contributed by atoms with Crippen molar-refractivity contribution in [2.24, 2.45) is 0 Å². The Balaban J connectivity index is 2.82. The van der Waals surface area contributed by atoms with E-state index < -0.39 is 22.9 Å². The van der Waals surface area contributed by atoms with Gasteiger partial charge in [0.1, 0.15) is 0 Å². The molecule has 0 aliphatic carbocycles. The number of non-ortho nitro benzene ring substituents is 1. The number of rotatable bonds is 6. The van der Waals surface area contributed by atoms with Crippen molar-refractivity contribution >= 4 is 33.5 Å². The van der Waals surface area contributed by atoms with Crippen molar-refractivity contribution in [3.05, 3.63) is 38.3 Å². The second-order valence-corrected chi connectivity index (χ2v) is 4.64. The summed E-state index contributed by atoms with van der Waals surface area (Å²) in [5, 5.41) is 21.8. The van der Waals surface area contributed by atoms with E-state index in [2.05, 4.69) is 26.0 Å². The van der Waals surface area contributed by atoms with Crippen LogP contribution in [0.25, 0.3) is 0 Å². The smallest absolute Gasteiger partial charge is 0.334 e. The molecule has 0 bridgehead atoms. The molecule has 1 amide bonds. The van der Waals surface area contributed by atoms with Gasteiger partial charge in [-0.25, -0.2) is 4.79 Å². The van der Waals surface area contributed by atoms with Crippen LogP contribution >= 0.6 is 15.9 Å². The summed E-state index contributed by atoms with van der Waals surface area (Å²) >= 11 is 3.06. The number of hydrogen-bond acceptors (Lipinski definition) is 5. The van der Waals surface area contributed by atoms with E-state index in [0.29, 0.717) is 4.47 Å². The van der Waals surface area contributed by atoms with Crippen LogP contribution in [-0.2, 0) is 9.53 Å². The molecule has 1 atom stereocenters. The molecule has 0 aliphatic heterocycles. The average molecular weight is 347 g/mol. The van der Waals surface area contributed by atoms with Gasteiger partial charge in [0.2, 0.25) is 0 Å². The third-order valence-corrected chi connectivity index (χ3v) is 2.82. The predicted octanol–water partition coefficient (Wildman–Crippen LogP) is 1.19. The molecule has 1 aromatic rings. The Morgan fingerprint density at radius 1 is 1.50 bits per heavy atom. The summed E-state index contributed by atoms with van der Waals surface area (Å²) in [6.45, 7) is -0.245. The van der Waals surface area contributed by atoms with E-state index in [4.69, 9.17) is 5.11 Å².